The van der Waals surface area contributed by atoms with Gasteiger partial charge in [0.2, 0.25) is 0 Å². The minimum absolute atomic E-state index is 0.153. The van der Waals surface area contributed by atoms with Crippen LogP contribution in [0.5, 0.6) is 0 Å². The molecule has 1 heterocycles. The Labute approximate surface area is 139 Å². The van der Waals surface area contributed by atoms with Crippen LogP contribution in [0.25, 0.3) is 0 Å². The van der Waals surface area contributed by atoms with Gasteiger partial charge in [0.15, 0.2) is 5.16 Å². The van der Waals surface area contributed by atoms with E-state index in [0.29, 0.717) is 0 Å². The quantitative estimate of drug-likeness (QED) is 0.652. The van der Waals surface area contributed by atoms with E-state index in [4.69, 9.17) is 11.6 Å². The summed E-state index contributed by atoms with van der Waals surface area (Å²) in [5.41, 5.74) is 2.43. The number of aryl methyl sites for hydroxylation is 1. The van der Waals surface area contributed by atoms with Crippen LogP contribution in [0.3, 0.4) is 0 Å². The fourth-order valence-corrected chi connectivity index (χ4v) is 3.49. The third kappa shape index (κ3) is 3.18. The highest BCUT2D eigenvalue weighted by atomic mass is 35.5. The minimum Gasteiger partial charge on any atom is -0.309 e. The van der Waals surface area contributed by atoms with Crippen molar-refractivity contribution in [3.05, 3.63) is 76.6 Å². The van der Waals surface area contributed by atoms with Crippen molar-refractivity contribution < 1.29 is 0 Å². The summed E-state index contributed by atoms with van der Waals surface area (Å²) in [6.45, 7) is 1.96. The van der Waals surface area contributed by atoms with Crippen LogP contribution in [0.15, 0.2) is 59.8 Å². The van der Waals surface area contributed by atoms with E-state index in [1.54, 1.807) is 11.8 Å². The summed E-state index contributed by atoms with van der Waals surface area (Å²) in [6.07, 6.45) is 0. The lowest BCUT2D eigenvalue weighted by molar-refractivity contribution is 0.763. The second-order valence-corrected chi connectivity index (χ2v) is 6.56. The summed E-state index contributed by atoms with van der Waals surface area (Å²) in [7, 11) is 1.99. The lowest BCUT2D eigenvalue weighted by atomic mass is 10.0. The molecule has 3 rings (SSSR count). The molecule has 22 heavy (non-hydrogen) atoms. The molecule has 0 bridgehead atoms. The molecule has 112 valence electrons. The average Bonchev–Trinajstić information content (AvgIpc) is 2.86. The third-order valence-electron chi connectivity index (χ3n) is 3.55. The highest BCUT2D eigenvalue weighted by Gasteiger charge is 2.19. The van der Waals surface area contributed by atoms with Crippen LogP contribution in [0.1, 0.15) is 22.2 Å². The topological polar surface area (TPSA) is 30.7 Å². The van der Waals surface area contributed by atoms with Crippen LogP contribution in [0, 0.1) is 6.92 Å². The van der Waals surface area contributed by atoms with Gasteiger partial charge in [0.25, 0.3) is 0 Å². The molecular weight excluding hydrogens is 314 g/mol. The summed E-state index contributed by atoms with van der Waals surface area (Å²) in [4.78, 5) is 0. The van der Waals surface area contributed by atoms with E-state index in [-0.39, 0.29) is 5.25 Å². The van der Waals surface area contributed by atoms with Crippen molar-refractivity contribution in [2.24, 2.45) is 7.05 Å². The average molecular weight is 330 g/mol. The fourth-order valence-electron chi connectivity index (χ4n) is 2.19. The summed E-state index contributed by atoms with van der Waals surface area (Å²) in [5.74, 6) is 0.908. The second-order valence-electron chi connectivity index (χ2n) is 5.05. The number of nitrogens with zero attached hydrogens (tertiary/aromatic N) is 3. The Balaban J connectivity index is 1.99. The Morgan fingerprint density at radius 1 is 0.955 bits per heavy atom. The van der Waals surface area contributed by atoms with Gasteiger partial charge in [-0.3, -0.25) is 0 Å². The monoisotopic (exact) mass is 329 g/mol. The molecule has 0 unspecified atom stereocenters. The summed E-state index contributed by atoms with van der Waals surface area (Å²) in [5, 5.41) is 10.2. The van der Waals surface area contributed by atoms with E-state index in [9.17, 15) is 0 Å². The second kappa shape index (κ2) is 6.55. The molecule has 0 N–H and O–H groups in total. The summed E-state index contributed by atoms with van der Waals surface area (Å²) < 4.78 is 2.01. The van der Waals surface area contributed by atoms with E-state index in [2.05, 4.69) is 46.6 Å². The lowest BCUT2D eigenvalue weighted by Gasteiger charge is -2.17. The van der Waals surface area contributed by atoms with Crippen LogP contribution >= 0.6 is 23.4 Å². The highest BCUT2D eigenvalue weighted by Crippen LogP contribution is 2.39. The Bertz CT molecular complexity index is 753. The van der Waals surface area contributed by atoms with Gasteiger partial charge in [-0.2, -0.15) is 0 Å². The van der Waals surface area contributed by atoms with Crippen LogP contribution in [-0.4, -0.2) is 14.8 Å². The molecule has 0 aliphatic carbocycles. The molecular formula is C17H16ClN3S. The number of benzene rings is 2. The normalized spacial score (nSPS) is 12.3. The summed E-state index contributed by atoms with van der Waals surface area (Å²) in [6, 6.07) is 18.4. The van der Waals surface area contributed by atoms with Gasteiger partial charge in [0, 0.05) is 12.1 Å². The van der Waals surface area contributed by atoms with Crippen molar-refractivity contribution in [3.63, 3.8) is 0 Å². The molecule has 0 aliphatic heterocycles. The van der Waals surface area contributed by atoms with Crippen LogP contribution in [0.4, 0.5) is 0 Å². The van der Waals surface area contributed by atoms with Crippen LogP contribution in [0.2, 0.25) is 5.02 Å². The first-order valence-corrected chi connectivity index (χ1v) is 8.24. The summed E-state index contributed by atoms with van der Waals surface area (Å²) >= 11 is 7.71. The zero-order valence-corrected chi connectivity index (χ0v) is 14.0. The van der Waals surface area contributed by atoms with Gasteiger partial charge in [0.1, 0.15) is 5.82 Å². The first kappa shape index (κ1) is 15.1. The zero-order chi connectivity index (χ0) is 15.5. The van der Waals surface area contributed by atoms with E-state index in [1.807, 2.05) is 36.7 Å². The van der Waals surface area contributed by atoms with E-state index < -0.39 is 0 Å². The van der Waals surface area contributed by atoms with Crippen molar-refractivity contribution >= 4 is 23.4 Å². The van der Waals surface area contributed by atoms with Gasteiger partial charge in [-0.05, 0) is 30.2 Å². The van der Waals surface area contributed by atoms with E-state index >= 15 is 0 Å². The Kier molecular flexibility index (Phi) is 4.50. The van der Waals surface area contributed by atoms with E-state index in [0.717, 1.165) is 16.0 Å². The fraction of sp³-hybridized carbons (Fsp3) is 0.176. The Hall–Kier alpha value is -1.78. The first-order chi connectivity index (χ1) is 10.6. The number of hydrogen-bond donors (Lipinski definition) is 0. The first-order valence-electron chi connectivity index (χ1n) is 6.98. The molecule has 3 nitrogen and oxygen atoms in total. The molecule has 0 amide bonds. The molecule has 0 radical (unpaired) electrons. The van der Waals surface area contributed by atoms with Gasteiger partial charge >= 0.3 is 0 Å². The van der Waals surface area contributed by atoms with Crippen LogP contribution < -0.4 is 0 Å². The van der Waals surface area contributed by atoms with E-state index in [1.165, 1.54) is 11.1 Å². The highest BCUT2D eigenvalue weighted by molar-refractivity contribution is 7.99. The lowest BCUT2D eigenvalue weighted by Crippen LogP contribution is -2.00. The number of aromatic nitrogens is 3. The Morgan fingerprint density at radius 2 is 1.59 bits per heavy atom. The van der Waals surface area contributed by atoms with Gasteiger partial charge in [-0.25, -0.2) is 0 Å². The molecule has 0 aliphatic rings. The van der Waals surface area contributed by atoms with Crippen LogP contribution in [-0.2, 0) is 7.05 Å². The number of thioether (sulfide) groups is 1. The molecule has 0 fully saturated rings. The van der Waals surface area contributed by atoms with Crippen molar-refractivity contribution in [2.75, 3.05) is 0 Å². The molecule has 0 saturated carbocycles. The van der Waals surface area contributed by atoms with Gasteiger partial charge in [-0.15, -0.1) is 10.2 Å². The minimum atomic E-state index is 0.153. The van der Waals surface area contributed by atoms with Crippen molar-refractivity contribution in [1.82, 2.24) is 14.8 Å². The molecule has 2 aromatic carbocycles. The predicted molar refractivity (Wildman–Crippen MR) is 91.3 cm³/mol. The largest absolute Gasteiger partial charge is 0.309 e. The third-order valence-corrected chi connectivity index (χ3v) is 5.15. The molecule has 0 spiro atoms. The molecule has 5 heteroatoms. The van der Waals surface area contributed by atoms with Crippen molar-refractivity contribution in [2.45, 2.75) is 17.3 Å². The van der Waals surface area contributed by atoms with Gasteiger partial charge in [-0.1, -0.05) is 65.8 Å². The van der Waals surface area contributed by atoms with Crippen molar-refractivity contribution in [1.29, 1.82) is 0 Å². The maximum atomic E-state index is 6.02. The van der Waals surface area contributed by atoms with Crippen molar-refractivity contribution in [3.8, 4) is 0 Å². The standard InChI is InChI=1S/C17H16ClN3S/c1-12-19-20-17(21(12)2)22-16(13-6-4-3-5-7-13)14-8-10-15(18)11-9-14/h3-11,16H,1-2H3/t16-/m1/s1. The zero-order valence-electron chi connectivity index (χ0n) is 12.4. The molecule has 1 atom stereocenters. The smallest absolute Gasteiger partial charge is 0.191 e. The maximum Gasteiger partial charge on any atom is 0.191 e. The number of rotatable bonds is 4. The number of hydrogen-bond acceptors (Lipinski definition) is 3. The van der Waals surface area contributed by atoms with Gasteiger partial charge < -0.3 is 4.57 Å². The number of halogens is 1. The SMILES string of the molecule is Cc1nnc(S[C@H](c2ccccc2)c2ccc(Cl)cc2)n1C. The predicted octanol–water partition coefficient (Wildman–Crippen LogP) is 4.66. The molecule has 3 aromatic rings. The molecule has 0 saturated heterocycles. The van der Waals surface area contributed by atoms with Gasteiger partial charge in [0.05, 0.1) is 5.25 Å². The molecule has 1 aromatic heterocycles. The maximum absolute atomic E-state index is 6.02. The Morgan fingerprint density at radius 3 is 2.18 bits per heavy atom.